The lowest BCUT2D eigenvalue weighted by Crippen LogP contribution is -2.39. The fourth-order valence-corrected chi connectivity index (χ4v) is 6.87. The number of carbonyl (C=O) groups excluding carboxylic acids is 1. The molecule has 6 rings (SSSR count). The summed E-state index contributed by atoms with van der Waals surface area (Å²) in [7, 11) is 4.05. The van der Waals surface area contributed by atoms with Crippen LogP contribution >= 0.6 is 0 Å². The van der Waals surface area contributed by atoms with E-state index in [1.807, 2.05) is 38.4 Å². The average molecular weight is 609 g/mol. The van der Waals surface area contributed by atoms with E-state index in [4.69, 9.17) is 15.6 Å². The van der Waals surface area contributed by atoms with Crippen LogP contribution in [0, 0.1) is 22.6 Å². The van der Waals surface area contributed by atoms with Crippen LogP contribution in [0.3, 0.4) is 0 Å². The predicted octanol–water partition coefficient (Wildman–Crippen LogP) is 5.57. The number of rotatable bonds is 9. The molecule has 1 aliphatic heterocycles. The molecule has 1 atom stereocenters. The molecule has 0 unspecified atom stereocenters. The Morgan fingerprint density at radius 1 is 1.16 bits per heavy atom. The van der Waals surface area contributed by atoms with E-state index in [9.17, 15) is 10.1 Å². The Hall–Kier alpha value is -4.82. The number of nitriles is 1. The number of hydrogen-bond acceptors (Lipinski definition) is 8. The Labute approximate surface area is 261 Å². The van der Waals surface area contributed by atoms with Gasteiger partial charge in [0.15, 0.2) is 5.65 Å². The smallest absolute Gasteiger partial charge is 0.264 e. The molecule has 2 fully saturated rings. The molecule has 232 valence electrons. The largest absolute Gasteiger partial charge is 0.457 e. The first-order valence-electron chi connectivity index (χ1n) is 15.4. The average Bonchev–Trinajstić information content (AvgIpc) is 3.76. The minimum Gasteiger partial charge on any atom is -0.457 e. The van der Waals surface area contributed by atoms with Crippen molar-refractivity contribution in [2.75, 3.05) is 32.9 Å². The van der Waals surface area contributed by atoms with Crippen molar-refractivity contribution in [2.45, 2.75) is 51.1 Å². The lowest BCUT2D eigenvalue weighted by atomic mass is 9.83. The third kappa shape index (κ3) is 6.24. The lowest BCUT2D eigenvalue weighted by molar-refractivity contribution is -0.127. The number of benzene rings is 2. The van der Waals surface area contributed by atoms with E-state index in [2.05, 4.69) is 20.9 Å². The molecule has 0 spiro atoms. The van der Waals surface area contributed by atoms with Gasteiger partial charge in [-0.25, -0.2) is 19.0 Å². The summed E-state index contributed by atoms with van der Waals surface area (Å²) in [5.41, 5.74) is 7.31. The van der Waals surface area contributed by atoms with Crippen LogP contribution < -0.4 is 10.5 Å². The number of anilines is 1. The Balaban J connectivity index is 1.29. The van der Waals surface area contributed by atoms with Crippen molar-refractivity contribution in [3.05, 3.63) is 72.3 Å². The number of aromatic nitrogens is 4. The maximum Gasteiger partial charge on any atom is 0.264 e. The van der Waals surface area contributed by atoms with Crippen molar-refractivity contribution in [1.29, 1.82) is 5.26 Å². The van der Waals surface area contributed by atoms with Crippen molar-refractivity contribution in [3.8, 4) is 28.8 Å². The molecule has 0 radical (unpaired) electrons. The molecule has 10 nitrogen and oxygen atoms in total. The van der Waals surface area contributed by atoms with Crippen molar-refractivity contribution in [2.24, 2.45) is 5.41 Å². The third-order valence-corrected chi connectivity index (χ3v) is 8.79. The second kappa shape index (κ2) is 12.7. The quantitative estimate of drug-likeness (QED) is 0.193. The first kappa shape index (κ1) is 30.2. The number of nitrogens with two attached hydrogens (primary N) is 1. The van der Waals surface area contributed by atoms with Gasteiger partial charge in [0.2, 0.25) is 0 Å². The Bertz CT molecular complexity index is 1770. The van der Waals surface area contributed by atoms with Crippen LogP contribution in [-0.2, 0) is 11.3 Å². The zero-order chi connectivity index (χ0) is 31.6. The van der Waals surface area contributed by atoms with Gasteiger partial charge in [-0.1, -0.05) is 37.1 Å². The first-order valence-corrected chi connectivity index (χ1v) is 15.4. The SMILES string of the molecule is CN(C)CC1(/C=C(\C#N)C(=O)N2CCC[C@@H]2Cn2nc(-c3ccc(Oc4ccccc4)cc3F)c3c(N)ncnc32)CCCC1. The highest BCUT2D eigenvalue weighted by molar-refractivity contribution is 5.99. The molecule has 2 aromatic heterocycles. The minimum atomic E-state index is -0.529. The molecule has 1 saturated heterocycles. The molecule has 11 heteroatoms. The number of nitrogen functional groups attached to an aromatic ring is 1. The molecule has 4 aromatic rings. The Kier molecular flexibility index (Phi) is 8.50. The monoisotopic (exact) mass is 608 g/mol. The minimum absolute atomic E-state index is 0.174. The second-order valence-corrected chi connectivity index (χ2v) is 12.3. The number of halogens is 1. The molecule has 3 heterocycles. The summed E-state index contributed by atoms with van der Waals surface area (Å²) < 4.78 is 23.1. The van der Waals surface area contributed by atoms with E-state index in [0.29, 0.717) is 41.3 Å². The van der Waals surface area contributed by atoms with Gasteiger partial charge in [0, 0.05) is 30.1 Å². The highest BCUT2D eigenvalue weighted by atomic mass is 19.1. The zero-order valence-electron chi connectivity index (χ0n) is 25.6. The highest BCUT2D eigenvalue weighted by Crippen LogP contribution is 2.41. The molecular formula is C34H37FN8O2. The third-order valence-electron chi connectivity index (χ3n) is 8.79. The van der Waals surface area contributed by atoms with Gasteiger partial charge in [0.25, 0.3) is 5.91 Å². The molecule has 1 saturated carbocycles. The van der Waals surface area contributed by atoms with Gasteiger partial charge in [-0.3, -0.25) is 4.79 Å². The van der Waals surface area contributed by atoms with Crippen LogP contribution in [0.2, 0.25) is 0 Å². The van der Waals surface area contributed by atoms with Crippen molar-refractivity contribution in [3.63, 3.8) is 0 Å². The van der Waals surface area contributed by atoms with Crippen LogP contribution in [0.5, 0.6) is 11.5 Å². The van der Waals surface area contributed by atoms with Crippen LogP contribution in [0.15, 0.2) is 66.5 Å². The molecule has 1 aliphatic carbocycles. The van der Waals surface area contributed by atoms with Crippen molar-refractivity contribution >= 4 is 22.8 Å². The van der Waals surface area contributed by atoms with E-state index in [1.54, 1.807) is 33.8 Å². The number of likely N-dealkylation sites (tertiary alicyclic amines) is 1. The van der Waals surface area contributed by atoms with Gasteiger partial charge in [0.1, 0.15) is 46.8 Å². The summed E-state index contributed by atoms with van der Waals surface area (Å²) in [5, 5.41) is 15.3. The predicted molar refractivity (Wildman–Crippen MR) is 170 cm³/mol. The van der Waals surface area contributed by atoms with Gasteiger partial charge >= 0.3 is 0 Å². The van der Waals surface area contributed by atoms with Gasteiger partial charge in [-0.2, -0.15) is 10.4 Å². The molecular weight excluding hydrogens is 571 g/mol. The van der Waals surface area contributed by atoms with Gasteiger partial charge in [-0.05, 0) is 64.0 Å². The van der Waals surface area contributed by atoms with Crippen LogP contribution in [-0.4, -0.2) is 68.7 Å². The fourth-order valence-electron chi connectivity index (χ4n) is 6.87. The standard InChI is InChI=1S/C34H37FN8O2/c1-41(2)21-34(14-6-7-15-34)18-23(19-36)33(44)42-16-8-9-24(42)20-43-32-29(31(37)38-22-39-32)30(40-43)27-13-12-26(17-28(27)35)45-25-10-4-3-5-11-25/h3-5,10-13,17-18,22,24H,6-9,14-16,20-21H2,1-2H3,(H2,37,38,39)/b23-18+/t24-/m1/s1. The maximum absolute atomic E-state index is 15.6. The normalized spacial score (nSPS) is 18.1. The lowest BCUT2D eigenvalue weighted by Gasteiger charge is -2.30. The van der Waals surface area contributed by atoms with E-state index in [1.165, 1.54) is 12.4 Å². The van der Waals surface area contributed by atoms with E-state index < -0.39 is 5.82 Å². The highest BCUT2D eigenvalue weighted by Gasteiger charge is 2.37. The number of para-hydroxylation sites is 1. The van der Waals surface area contributed by atoms with Crippen molar-refractivity contribution in [1.82, 2.24) is 29.5 Å². The number of amides is 1. The summed E-state index contributed by atoms with van der Waals surface area (Å²) in [6, 6.07) is 15.7. The second-order valence-electron chi connectivity index (χ2n) is 12.3. The van der Waals surface area contributed by atoms with E-state index in [0.717, 1.165) is 45.1 Å². The van der Waals surface area contributed by atoms with Crippen LogP contribution in [0.25, 0.3) is 22.3 Å². The van der Waals surface area contributed by atoms with Gasteiger partial charge in [0.05, 0.1) is 18.0 Å². The molecule has 2 aliphatic rings. The number of ether oxygens (including phenoxy) is 1. The van der Waals surface area contributed by atoms with Crippen molar-refractivity contribution < 1.29 is 13.9 Å². The Morgan fingerprint density at radius 2 is 1.93 bits per heavy atom. The van der Waals surface area contributed by atoms with Gasteiger partial charge in [-0.15, -0.1) is 0 Å². The number of hydrogen-bond donors (Lipinski definition) is 1. The first-order chi connectivity index (χ1) is 21.8. The van der Waals surface area contributed by atoms with Crippen LogP contribution in [0.1, 0.15) is 38.5 Å². The van der Waals surface area contributed by atoms with Gasteiger partial charge < -0.3 is 20.3 Å². The van der Waals surface area contributed by atoms with E-state index >= 15 is 4.39 Å². The summed E-state index contributed by atoms with van der Waals surface area (Å²) >= 11 is 0. The number of carbonyl (C=O) groups is 1. The molecule has 45 heavy (non-hydrogen) atoms. The molecule has 1 amide bonds. The topological polar surface area (TPSA) is 126 Å². The van der Waals surface area contributed by atoms with E-state index in [-0.39, 0.29) is 34.3 Å². The molecule has 0 bridgehead atoms. The summed E-state index contributed by atoms with van der Waals surface area (Å²) in [6.45, 7) is 1.66. The summed E-state index contributed by atoms with van der Waals surface area (Å²) in [6.07, 6.45) is 8.94. The maximum atomic E-state index is 15.6. The summed E-state index contributed by atoms with van der Waals surface area (Å²) in [5.74, 6) is 0.344. The molecule has 2 N–H and O–H groups in total. The molecule has 2 aromatic carbocycles. The zero-order valence-corrected chi connectivity index (χ0v) is 25.6. The fraction of sp³-hybridized carbons (Fsp3) is 0.382. The summed E-state index contributed by atoms with van der Waals surface area (Å²) in [4.78, 5) is 26.3. The Morgan fingerprint density at radius 3 is 2.64 bits per heavy atom. The number of fused-ring (bicyclic) bond motifs is 1. The van der Waals surface area contributed by atoms with Crippen LogP contribution in [0.4, 0.5) is 10.2 Å². The number of nitrogens with zero attached hydrogens (tertiary/aromatic N) is 7.